The third-order valence-corrected chi connectivity index (χ3v) is 5.18. The molecule has 0 unspecified atom stereocenters. The summed E-state index contributed by atoms with van der Waals surface area (Å²) in [4.78, 5) is 0. The summed E-state index contributed by atoms with van der Waals surface area (Å²) in [7, 11) is -3.31. The zero-order valence-corrected chi connectivity index (χ0v) is 10.5. The van der Waals surface area contributed by atoms with Gasteiger partial charge < -0.3 is 5.11 Å². The molecule has 0 aromatic carbocycles. The van der Waals surface area contributed by atoms with Crippen molar-refractivity contribution in [3.8, 4) is 0 Å². The van der Waals surface area contributed by atoms with Gasteiger partial charge in [0.15, 0.2) is 0 Å². The summed E-state index contributed by atoms with van der Waals surface area (Å²) in [6, 6.07) is 0. The molecule has 2 saturated heterocycles. The molecule has 0 aromatic heterocycles. The van der Waals surface area contributed by atoms with Crippen molar-refractivity contribution in [2.45, 2.75) is 38.2 Å². The largest absolute Gasteiger partial charge is 0.387 e. The number of aliphatic hydroxyl groups is 1. The Morgan fingerprint density at radius 1 is 1.00 bits per heavy atom. The van der Waals surface area contributed by atoms with Crippen molar-refractivity contribution in [1.29, 1.82) is 0 Å². The number of nitrogens with zero attached hydrogens (tertiary/aromatic N) is 2. The molecule has 2 rings (SSSR count). The standard InChI is InChI=1S/C10H20N2O3S/c1-10(13)8-12(9-10)16(14,15)11-6-4-2-3-5-7-11/h13H,2-9H2,1H3. The number of hydrogen-bond acceptors (Lipinski definition) is 3. The van der Waals surface area contributed by atoms with E-state index >= 15 is 0 Å². The van der Waals surface area contributed by atoms with Crippen LogP contribution in [0.5, 0.6) is 0 Å². The van der Waals surface area contributed by atoms with Gasteiger partial charge in [-0.3, -0.25) is 0 Å². The topological polar surface area (TPSA) is 60.9 Å². The molecule has 1 N–H and O–H groups in total. The molecule has 2 aliphatic heterocycles. The van der Waals surface area contributed by atoms with Gasteiger partial charge in [-0.25, -0.2) is 0 Å². The second kappa shape index (κ2) is 4.25. The van der Waals surface area contributed by atoms with Gasteiger partial charge in [-0.1, -0.05) is 12.8 Å². The summed E-state index contributed by atoms with van der Waals surface area (Å²) in [5.74, 6) is 0. The first-order valence-corrected chi connectivity index (χ1v) is 7.29. The van der Waals surface area contributed by atoms with Crippen LogP contribution < -0.4 is 0 Å². The maximum atomic E-state index is 12.1. The normalized spacial score (nSPS) is 28.4. The summed E-state index contributed by atoms with van der Waals surface area (Å²) < 4.78 is 27.2. The van der Waals surface area contributed by atoms with E-state index in [0.29, 0.717) is 13.1 Å². The Bertz CT molecular complexity index is 337. The van der Waals surface area contributed by atoms with Gasteiger partial charge in [0, 0.05) is 26.2 Å². The zero-order chi connectivity index (χ0) is 11.8. The first-order valence-electron chi connectivity index (χ1n) is 5.89. The van der Waals surface area contributed by atoms with Crippen LogP contribution in [-0.4, -0.2) is 53.9 Å². The van der Waals surface area contributed by atoms with Crippen LogP contribution in [0.4, 0.5) is 0 Å². The van der Waals surface area contributed by atoms with E-state index in [-0.39, 0.29) is 13.1 Å². The van der Waals surface area contributed by atoms with Crippen LogP contribution in [0, 0.1) is 0 Å². The predicted molar refractivity (Wildman–Crippen MR) is 61.2 cm³/mol. The van der Waals surface area contributed by atoms with E-state index in [2.05, 4.69) is 0 Å². The highest BCUT2D eigenvalue weighted by Crippen LogP contribution is 2.26. The monoisotopic (exact) mass is 248 g/mol. The molecule has 2 fully saturated rings. The lowest BCUT2D eigenvalue weighted by molar-refractivity contribution is -0.0450. The average molecular weight is 248 g/mol. The molecule has 0 spiro atoms. The second-order valence-electron chi connectivity index (χ2n) is 5.09. The SMILES string of the molecule is CC1(O)CN(S(=O)(=O)N2CCCCCC2)C1. The third kappa shape index (κ3) is 2.40. The van der Waals surface area contributed by atoms with Gasteiger partial charge >= 0.3 is 0 Å². The van der Waals surface area contributed by atoms with E-state index in [1.165, 1.54) is 4.31 Å². The Morgan fingerprint density at radius 2 is 1.50 bits per heavy atom. The summed E-state index contributed by atoms with van der Waals surface area (Å²) >= 11 is 0. The van der Waals surface area contributed by atoms with Crippen LogP contribution in [0.15, 0.2) is 0 Å². The number of hydrogen-bond donors (Lipinski definition) is 1. The Labute approximate surface area is 97.2 Å². The molecule has 0 aliphatic carbocycles. The molecular formula is C10H20N2O3S. The molecule has 0 bridgehead atoms. The fraction of sp³-hybridized carbons (Fsp3) is 1.00. The van der Waals surface area contributed by atoms with E-state index in [1.54, 1.807) is 11.2 Å². The molecule has 0 aromatic rings. The molecule has 2 heterocycles. The first kappa shape index (κ1) is 12.3. The molecule has 0 atom stereocenters. The van der Waals surface area contributed by atoms with E-state index in [9.17, 15) is 13.5 Å². The van der Waals surface area contributed by atoms with Crippen molar-refractivity contribution in [2.24, 2.45) is 0 Å². The van der Waals surface area contributed by atoms with E-state index in [1.807, 2.05) is 0 Å². The average Bonchev–Trinajstić information content (AvgIpc) is 2.42. The molecular weight excluding hydrogens is 228 g/mol. The fourth-order valence-corrected chi connectivity index (χ4v) is 4.24. The molecule has 6 heteroatoms. The van der Waals surface area contributed by atoms with Gasteiger partial charge in [-0.15, -0.1) is 0 Å². The predicted octanol–water partition coefficient (Wildman–Crippen LogP) is 0.174. The first-order chi connectivity index (χ1) is 7.42. The number of β-amino-alcohol motifs (C(OH)–C–C–N with tert-alkyl or cyclic N) is 1. The maximum absolute atomic E-state index is 12.1. The van der Waals surface area contributed by atoms with Crippen molar-refractivity contribution in [2.75, 3.05) is 26.2 Å². The summed E-state index contributed by atoms with van der Waals surface area (Å²) in [5.41, 5.74) is -0.834. The lowest BCUT2D eigenvalue weighted by atomic mass is 10.0. The minimum atomic E-state index is -3.31. The van der Waals surface area contributed by atoms with E-state index in [4.69, 9.17) is 0 Å². The molecule has 16 heavy (non-hydrogen) atoms. The molecule has 5 nitrogen and oxygen atoms in total. The quantitative estimate of drug-likeness (QED) is 0.758. The lowest BCUT2D eigenvalue weighted by Crippen LogP contribution is -2.64. The molecule has 0 saturated carbocycles. The Hall–Kier alpha value is -0.170. The number of rotatable bonds is 2. The highest BCUT2D eigenvalue weighted by molar-refractivity contribution is 7.86. The molecule has 0 amide bonds. The minimum absolute atomic E-state index is 0.228. The van der Waals surface area contributed by atoms with Gasteiger partial charge in [-0.2, -0.15) is 17.0 Å². The van der Waals surface area contributed by atoms with Crippen molar-refractivity contribution in [3.63, 3.8) is 0 Å². The molecule has 2 aliphatic rings. The van der Waals surface area contributed by atoms with E-state index < -0.39 is 15.8 Å². The molecule has 0 radical (unpaired) electrons. The lowest BCUT2D eigenvalue weighted by Gasteiger charge is -2.44. The minimum Gasteiger partial charge on any atom is -0.387 e. The van der Waals surface area contributed by atoms with Crippen molar-refractivity contribution in [1.82, 2.24) is 8.61 Å². The van der Waals surface area contributed by atoms with Crippen LogP contribution in [0.1, 0.15) is 32.6 Å². The summed E-state index contributed by atoms with van der Waals surface area (Å²) in [6.07, 6.45) is 4.13. The third-order valence-electron chi connectivity index (χ3n) is 3.25. The highest BCUT2D eigenvalue weighted by atomic mass is 32.2. The van der Waals surface area contributed by atoms with Crippen LogP contribution in [-0.2, 0) is 10.2 Å². The highest BCUT2D eigenvalue weighted by Gasteiger charge is 2.45. The van der Waals surface area contributed by atoms with Crippen molar-refractivity contribution >= 4 is 10.2 Å². The van der Waals surface area contributed by atoms with Crippen LogP contribution in [0.2, 0.25) is 0 Å². The summed E-state index contributed by atoms with van der Waals surface area (Å²) in [6.45, 7) is 3.38. The second-order valence-corrected chi connectivity index (χ2v) is 7.01. The molecule has 94 valence electrons. The Morgan fingerprint density at radius 3 is 1.94 bits per heavy atom. The van der Waals surface area contributed by atoms with Gasteiger partial charge in [0.05, 0.1) is 5.60 Å². The smallest absolute Gasteiger partial charge is 0.282 e. The fourth-order valence-electron chi connectivity index (χ4n) is 2.31. The van der Waals surface area contributed by atoms with Crippen LogP contribution >= 0.6 is 0 Å². The van der Waals surface area contributed by atoms with Gasteiger partial charge in [-0.05, 0) is 19.8 Å². The van der Waals surface area contributed by atoms with Gasteiger partial charge in [0.1, 0.15) is 0 Å². The van der Waals surface area contributed by atoms with Crippen LogP contribution in [0.25, 0.3) is 0 Å². The summed E-state index contributed by atoms with van der Waals surface area (Å²) in [5, 5.41) is 9.58. The zero-order valence-electron chi connectivity index (χ0n) is 9.72. The van der Waals surface area contributed by atoms with Crippen molar-refractivity contribution < 1.29 is 13.5 Å². The van der Waals surface area contributed by atoms with Crippen molar-refractivity contribution in [3.05, 3.63) is 0 Å². The maximum Gasteiger partial charge on any atom is 0.282 e. The van der Waals surface area contributed by atoms with Gasteiger partial charge in [0.25, 0.3) is 10.2 Å². The van der Waals surface area contributed by atoms with Gasteiger partial charge in [0.2, 0.25) is 0 Å². The Balaban J connectivity index is 2.01. The van der Waals surface area contributed by atoms with E-state index in [0.717, 1.165) is 25.7 Å². The Kier molecular flexibility index (Phi) is 3.27. The van der Waals surface area contributed by atoms with Crippen LogP contribution in [0.3, 0.4) is 0 Å².